The highest BCUT2D eigenvalue weighted by Gasteiger charge is 2.44. The van der Waals surface area contributed by atoms with Crippen molar-refractivity contribution >= 4 is 16.1 Å². The Morgan fingerprint density at radius 3 is 2.53 bits per heavy atom. The van der Waals surface area contributed by atoms with Crippen LogP contribution in [-0.2, 0) is 30.7 Å². The fourth-order valence-corrected chi connectivity index (χ4v) is 6.87. The van der Waals surface area contributed by atoms with Gasteiger partial charge in [-0.25, -0.2) is 17.9 Å². The lowest BCUT2D eigenvalue weighted by atomic mass is 9.79. The van der Waals surface area contributed by atoms with Crippen molar-refractivity contribution in [3.63, 3.8) is 0 Å². The average Bonchev–Trinajstić information content (AvgIpc) is 3.60. The van der Waals surface area contributed by atoms with Gasteiger partial charge >= 0.3 is 6.09 Å². The number of aliphatic hydroxyl groups is 1. The molecule has 4 rings (SSSR count). The molecule has 11 nitrogen and oxygen atoms in total. The predicted octanol–water partition coefficient (Wildman–Crippen LogP) is 3.52. The van der Waals surface area contributed by atoms with Gasteiger partial charge in [0.15, 0.2) is 6.29 Å². The predicted molar refractivity (Wildman–Crippen MR) is 157 cm³/mol. The van der Waals surface area contributed by atoms with Crippen LogP contribution in [0, 0.1) is 22.7 Å². The summed E-state index contributed by atoms with van der Waals surface area (Å²) < 4.78 is 51.7. The molecular weight excluding hydrogens is 574 g/mol. The molecule has 2 aromatic carbocycles. The Kier molecular flexibility index (Phi) is 11.0. The van der Waals surface area contributed by atoms with Crippen LogP contribution in [0.1, 0.15) is 45.1 Å². The Balaban J connectivity index is 1.59. The Morgan fingerprint density at radius 1 is 1.14 bits per heavy atom. The summed E-state index contributed by atoms with van der Waals surface area (Å²) in [5, 5.41) is 23.8. The zero-order valence-electron chi connectivity index (χ0n) is 24.8. The Bertz CT molecular complexity index is 1350. The van der Waals surface area contributed by atoms with Crippen molar-refractivity contribution in [1.82, 2.24) is 10.0 Å². The van der Waals surface area contributed by atoms with Gasteiger partial charge in [-0.1, -0.05) is 44.2 Å². The van der Waals surface area contributed by atoms with E-state index in [1.165, 1.54) is 19.2 Å². The van der Waals surface area contributed by atoms with Gasteiger partial charge < -0.3 is 29.4 Å². The number of rotatable bonds is 14. The van der Waals surface area contributed by atoms with Crippen molar-refractivity contribution in [2.45, 2.75) is 81.4 Å². The minimum Gasteiger partial charge on any atom is -0.497 e. The highest BCUT2D eigenvalue weighted by molar-refractivity contribution is 7.89. The normalized spacial score (nSPS) is 22.2. The zero-order chi connectivity index (χ0) is 31.0. The number of nitrogens with one attached hydrogen (secondary N) is 2. The van der Waals surface area contributed by atoms with Crippen LogP contribution in [0.25, 0.3) is 0 Å². The van der Waals surface area contributed by atoms with Crippen LogP contribution in [0.2, 0.25) is 0 Å². The molecule has 2 saturated heterocycles. The van der Waals surface area contributed by atoms with E-state index in [4.69, 9.17) is 18.9 Å². The van der Waals surface area contributed by atoms with Crippen LogP contribution in [0.5, 0.6) is 5.75 Å². The smallest absolute Gasteiger partial charge is 0.407 e. The first-order valence-corrected chi connectivity index (χ1v) is 16.0. The highest BCUT2D eigenvalue weighted by Crippen LogP contribution is 2.33. The van der Waals surface area contributed by atoms with Crippen LogP contribution < -0.4 is 14.8 Å². The third-order valence-corrected chi connectivity index (χ3v) is 9.54. The Morgan fingerprint density at radius 2 is 1.86 bits per heavy atom. The number of carbonyl (C=O) groups is 1. The number of nitriles is 1. The molecule has 2 heterocycles. The third kappa shape index (κ3) is 8.90. The minimum atomic E-state index is -4.09. The number of nitrogens with zero attached hydrogens (tertiary/aromatic N) is 1. The number of carbonyl (C=O) groups excluding carboxylic acids is 1. The summed E-state index contributed by atoms with van der Waals surface area (Å²) in [6.45, 7) is 4.58. The van der Waals surface area contributed by atoms with Gasteiger partial charge in [-0.3, -0.25) is 0 Å². The van der Waals surface area contributed by atoms with Gasteiger partial charge in [-0.2, -0.15) is 5.26 Å². The van der Waals surface area contributed by atoms with Crippen molar-refractivity contribution in [2.24, 2.45) is 11.3 Å². The summed E-state index contributed by atoms with van der Waals surface area (Å²) >= 11 is 0. The lowest BCUT2D eigenvalue weighted by Crippen LogP contribution is -2.56. The van der Waals surface area contributed by atoms with Gasteiger partial charge in [-0.05, 0) is 60.9 Å². The van der Waals surface area contributed by atoms with Crippen LogP contribution >= 0.6 is 0 Å². The van der Waals surface area contributed by atoms with E-state index >= 15 is 0 Å². The molecule has 2 aliphatic heterocycles. The molecule has 3 N–H and O–H groups in total. The van der Waals surface area contributed by atoms with Gasteiger partial charge in [0.1, 0.15) is 11.9 Å². The number of hydrogen-bond donors (Lipinski definition) is 3. The number of methoxy groups -OCH3 is 1. The van der Waals surface area contributed by atoms with Gasteiger partial charge in [0.2, 0.25) is 10.0 Å². The highest BCUT2D eigenvalue weighted by atomic mass is 32.2. The summed E-state index contributed by atoms with van der Waals surface area (Å²) in [5.41, 5.74) is 0.320. The molecule has 0 aliphatic carbocycles. The van der Waals surface area contributed by atoms with Crippen LogP contribution in [0.3, 0.4) is 0 Å². The number of fused-ring (bicyclic) bond motifs is 1. The first-order chi connectivity index (χ1) is 20.5. The van der Waals surface area contributed by atoms with E-state index in [-0.39, 0.29) is 36.7 Å². The first-order valence-electron chi connectivity index (χ1n) is 14.5. The molecule has 234 valence electrons. The summed E-state index contributed by atoms with van der Waals surface area (Å²) in [6.07, 6.45) is -1.09. The molecule has 2 fully saturated rings. The summed E-state index contributed by atoms with van der Waals surface area (Å²) in [7, 11) is -2.60. The molecular formula is C31H41N3O8S. The molecule has 6 atom stereocenters. The topological polar surface area (TPSA) is 156 Å². The van der Waals surface area contributed by atoms with Crippen molar-refractivity contribution in [2.75, 3.05) is 20.3 Å². The minimum absolute atomic E-state index is 0.00174. The van der Waals surface area contributed by atoms with E-state index in [1.54, 1.807) is 12.1 Å². The third-order valence-electron chi connectivity index (χ3n) is 8.03. The molecule has 1 unspecified atom stereocenters. The summed E-state index contributed by atoms with van der Waals surface area (Å²) in [6, 6.07) is 15.4. The molecule has 0 spiro atoms. The SMILES string of the molecule is COc1ccc(S(=O)(=O)NC(CC(C)(C)CCC#N)[C@H](O)[C@H](Cc2ccccc2)NC(=O)O[C@H]2CO[C@H]3OCC[C@H]32)cc1. The van der Waals surface area contributed by atoms with Crippen molar-refractivity contribution in [3.05, 3.63) is 60.2 Å². The second-order valence-corrected chi connectivity index (χ2v) is 13.5. The number of amides is 1. The van der Waals surface area contributed by atoms with E-state index in [0.29, 0.717) is 25.2 Å². The first kappa shape index (κ1) is 32.7. The number of hydrogen-bond acceptors (Lipinski definition) is 9. The van der Waals surface area contributed by atoms with Crippen molar-refractivity contribution in [3.8, 4) is 11.8 Å². The fourth-order valence-electron chi connectivity index (χ4n) is 5.62. The van der Waals surface area contributed by atoms with Crippen LogP contribution in [-0.4, -0.2) is 70.5 Å². The molecule has 0 aromatic heterocycles. The molecule has 2 aliphatic rings. The Hall–Kier alpha value is -3.21. The largest absolute Gasteiger partial charge is 0.497 e. The summed E-state index contributed by atoms with van der Waals surface area (Å²) in [5.74, 6) is 0.440. The molecule has 12 heteroatoms. The van der Waals surface area contributed by atoms with E-state index in [1.807, 2.05) is 44.2 Å². The average molecular weight is 616 g/mol. The quantitative estimate of drug-likeness (QED) is 0.289. The molecule has 2 aromatic rings. The van der Waals surface area contributed by atoms with Crippen LogP contribution in [0.4, 0.5) is 4.79 Å². The lowest BCUT2D eigenvalue weighted by Gasteiger charge is -2.36. The monoisotopic (exact) mass is 615 g/mol. The van der Waals surface area contributed by atoms with Gasteiger partial charge in [0.05, 0.1) is 55.4 Å². The fraction of sp³-hybridized carbons (Fsp3) is 0.548. The van der Waals surface area contributed by atoms with E-state index in [9.17, 15) is 23.6 Å². The van der Waals surface area contributed by atoms with Crippen LogP contribution in [0.15, 0.2) is 59.5 Å². The molecule has 0 radical (unpaired) electrons. The molecule has 1 amide bonds. The number of sulfonamides is 1. The van der Waals surface area contributed by atoms with Crippen molar-refractivity contribution < 1.29 is 37.3 Å². The maximum absolute atomic E-state index is 13.5. The van der Waals surface area contributed by atoms with E-state index < -0.39 is 52.1 Å². The van der Waals surface area contributed by atoms with Gasteiger partial charge in [0.25, 0.3) is 0 Å². The maximum Gasteiger partial charge on any atom is 0.407 e. The number of aliphatic hydroxyl groups excluding tert-OH is 1. The molecule has 0 bridgehead atoms. The molecule has 0 saturated carbocycles. The number of benzene rings is 2. The number of ether oxygens (including phenoxy) is 4. The zero-order valence-corrected chi connectivity index (χ0v) is 25.6. The van der Waals surface area contributed by atoms with Gasteiger partial charge in [0, 0.05) is 6.42 Å². The summed E-state index contributed by atoms with van der Waals surface area (Å²) in [4.78, 5) is 13.2. The van der Waals surface area contributed by atoms with E-state index in [2.05, 4.69) is 16.1 Å². The second kappa shape index (κ2) is 14.5. The Labute approximate surface area is 253 Å². The van der Waals surface area contributed by atoms with Crippen molar-refractivity contribution in [1.29, 1.82) is 5.26 Å². The lowest BCUT2D eigenvalue weighted by molar-refractivity contribution is -0.0907. The van der Waals surface area contributed by atoms with E-state index in [0.717, 1.165) is 5.56 Å². The standard InChI is InChI=1S/C31H41N3O8S/c1-31(2,15-7-16-32)19-26(34-43(37,38)23-12-10-22(39-3)11-13-23)28(35)25(18-21-8-5-4-6-9-21)33-30(36)42-27-20-41-29-24(27)14-17-40-29/h4-6,8-13,24-29,34-35H,7,14-15,17-20H2,1-3H3,(H,33,36)/t24-,25-,26?,27-,28+,29+/m0/s1. The van der Waals surface area contributed by atoms with Gasteiger partial charge in [-0.15, -0.1) is 0 Å². The number of alkyl carbamates (subject to hydrolysis) is 1. The molecule has 43 heavy (non-hydrogen) atoms. The maximum atomic E-state index is 13.5. The second-order valence-electron chi connectivity index (χ2n) is 11.8.